The zero-order valence-electron chi connectivity index (χ0n) is 12.8. The summed E-state index contributed by atoms with van der Waals surface area (Å²) in [6.45, 7) is 13.0. The van der Waals surface area contributed by atoms with Crippen LogP contribution >= 0.6 is 0 Å². The normalized spacial score (nSPS) is 19.7. The molecule has 0 nitrogen and oxygen atoms in total. The standard InChI is InChI=1S/C19H22/c1-12-7-14(3)18(15(4)8-12)11-19-16(5)9-13(2)10-17(19)6/h7-10H,1-6H3. The van der Waals surface area contributed by atoms with Crippen molar-refractivity contribution in [1.82, 2.24) is 0 Å². The summed E-state index contributed by atoms with van der Waals surface area (Å²) in [7, 11) is 0. The molecule has 2 rings (SSSR count). The minimum Gasteiger partial charge on any atom is -0.166 e. The van der Waals surface area contributed by atoms with Crippen molar-refractivity contribution in [2.75, 3.05) is 0 Å². The number of hydrogen-bond donors (Lipinski definition) is 0. The first-order chi connectivity index (χ1) is 8.88. The average molecular weight is 250 g/mol. The zero-order chi connectivity index (χ0) is 14.2. The molecule has 0 unspecified atom stereocenters. The summed E-state index contributed by atoms with van der Waals surface area (Å²) in [5.41, 5.74) is 11.3. The van der Waals surface area contributed by atoms with Gasteiger partial charge in [-0.25, -0.2) is 0 Å². The molecule has 0 bridgehead atoms. The van der Waals surface area contributed by atoms with Gasteiger partial charge in [0.2, 0.25) is 0 Å². The summed E-state index contributed by atoms with van der Waals surface area (Å²) in [6, 6.07) is 0. The van der Waals surface area contributed by atoms with E-state index in [-0.39, 0.29) is 0 Å². The van der Waals surface area contributed by atoms with E-state index in [0.29, 0.717) is 0 Å². The fourth-order valence-electron chi connectivity index (χ4n) is 2.88. The molecular formula is C19H22. The van der Waals surface area contributed by atoms with Gasteiger partial charge in [0.15, 0.2) is 0 Å². The van der Waals surface area contributed by atoms with Crippen LogP contribution in [0, 0.1) is 11.8 Å². The fraction of sp³-hybridized carbons (Fsp3) is 0.316. The molecule has 0 N–H and O–H groups in total. The maximum absolute atomic E-state index is 3.63. The van der Waals surface area contributed by atoms with Crippen LogP contribution in [0.5, 0.6) is 0 Å². The first-order valence-corrected chi connectivity index (χ1v) is 6.81. The van der Waals surface area contributed by atoms with Gasteiger partial charge in [0.1, 0.15) is 5.57 Å². The molecule has 0 aromatic rings. The van der Waals surface area contributed by atoms with E-state index in [0.717, 1.165) is 0 Å². The minimum absolute atomic E-state index is 1.24. The predicted molar refractivity (Wildman–Crippen MR) is 83.4 cm³/mol. The molecule has 0 spiro atoms. The number of hydrogen-bond acceptors (Lipinski definition) is 0. The van der Waals surface area contributed by atoms with Gasteiger partial charge < -0.3 is 0 Å². The van der Waals surface area contributed by atoms with E-state index in [9.17, 15) is 0 Å². The lowest BCUT2D eigenvalue weighted by atomic mass is 9.86. The van der Waals surface area contributed by atoms with Crippen molar-refractivity contribution in [2.24, 2.45) is 0 Å². The van der Waals surface area contributed by atoms with Crippen molar-refractivity contribution >= 4 is 0 Å². The average Bonchev–Trinajstić information content (AvgIpc) is 2.25. The monoisotopic (exact) mass is 250 g/mol. The van der Waals surface area contributed by atoms with Crippen molar-refractivity contribution in [2.45, 2.75) is 41.5 Å². The third kappa shape index (κ3) is 2.80. The lowest BCUT2D eigenvalue weighted by Gasteiger charge is -2.25. The van der Waals surface area contributed by atoms with Crippen LogP contribution in [0.2, 0.25) is 0 Å². The van der Waals surface area contributed by atoms with Crippen LogP contribution in [0.15, 0.2) is 63.5 Å². The molecule has 2 aliphatic carbocycles. The van der Waals surface area contributed by atoms with Crippen molar-refractivity contribution in [3.63, 3.8) is 0 Å². The number of allylic oxidation sites excluding steroid dienone is 9. The summed E-state index contributed by atoms with van der Waals surface area (Å²) in [5.74, 6) is 2.64. The smallest absolute Gasteiger partial charge is 0.130 e. The highest BCUT2D eigenvalue weighted by atomic mass is 14.2. The van der Waals surface area contributed by atoms with Crippen LogP contribution in [0.3, 0.4) is 0 Å². The van der Waals surface area contributed by atoms with Gasteiger partial charge in [-0.05, 0) is 0 Å². The minimum atomic E-state index is 1.24. The topological polar surface area (TPSA) is 0 Å². The highest BCUT2D eigenvalue weighted by Crippen LogP contribution is 2.32. The highest BCUT2D eigenvalue weighted by Gasteiger charge is 2.19. The Morgan fingerprint density at radius 3 is 1.74 bits per heavy atom. The lowest BCUT2D eigenvalue weighted by molar-refractivity contribution is 1.16. The molecule has 0 aromatic carbocycles. The Bertz CT molecular complexity index is 488. The van der Waals surface area contributed by atoms with Gasteiger partial charge in [-0.15, -0.1) is 16.9 Å². The Morgan fingerprint density at radius 1 is 0.842 bits per heavy atom. The van der Waals surface area contributed by atoms with Crippen LogP contribution in [0.25, 0.3) is 0 Å². The molecule has 0 aromatic heterocycles. The van der Waals surface area contributed by atoms with Crippen molar-refractivity contribution in [1.29, 1.82) is 0 Å². The SMILES string of the molecule is CC1=C[C+](C)C=C(C)C1=C=C1C(C)=C[C-](C)C=C1C. The lowest BCUT2D eigenvalue weighted by Crippen LogP contribution is -2.01. The Labute approximate surface area is 117 Å². The Balaban J connectivity index is 2.59. The quantitative estimate of drug-likeness (QED) is 0.397. The van der Waals surface area contributed by atoms with Gasteiger partial charge in [-0.1, -0.05) is 26.3 Å². The molecule has 0 heteroatoms. The third-order valence-corrected chi connectivity index (χ3v) is 3.60. The van der Waals surface area contributed by atoms with Crippen molar-refractivity contribution in [3.05, 3.63) is 75.3 Å². The van der Waals surface area contributed by atoms with E-state index < -0.39 is 0 Å². The molecule has 19 heavy (non-hydrogen) atoms. The van der Waals surface area contributed by atoms with Gasteiger partial charge in [0, 0.05) is 26.7 Å². The van der Waals surface area contributed by atoms with Gasteiger partial charge >= 0.3 is 0 Å². The molecule has 0 heterocycles. The predicted octanol–water partition coefficient (Wildman–Crippen LogP) is 5.44. The van der Waals surface area contributed by atoms with Crippen LogP contribution < -0.4 is 0 Å². The van der Waals surface area contributed by atoms with E-state index in [2.05, 4.69) is 71.6 Å². The second-order valence-corrected chi connectivity index (χ2v) is 5.67. The molecule has 2 aliphatic rings. The summed E-state index contributed by atoms with van der Waals surface area (Å²) < 4.78 is 0. The Hall–Kier alpha value is -1.78. The molecule has 0 fully saturated rings. The summed E-state index contributed by atoms with van der Waals surface area (Å²) in [6.07, 6.45) is 8.92. The molecular weight excluding hydrogens is 228 g/mol. The fourth-order valence-corrected chi connectivity index (χ4v) is 2.88. The summed E-state index contributed by atoms with van der Waals surface area (Å²) in [4.78, 5) is 0. The van der Waals surface area contributed by atoms with Gasteiger partial charge in [0.05, 0.1) is 23.3 Å². The van der Waals surface area contributed by atoms with Crippen LogP contribution in [-0.4, -0.2) is 0 Å². The van der Waals surface area contributed by atoms with E-state index in [1.54, 1.807) is 0 Å². The van der Waals surface area contributed by atoms with Crippen LogP contribution in [-0.2, 0) is 0 Å². The molecule has 0 aliphatic heterocycles. The first-order valence-electron chi connectivity index (χ1n) is 6.81. The molecule has 98 valence electrons. The third-order valence-electron chi connectivity index (χ3n) is 3.60. The molecule has 0 amide bonds. The molecule has 0 saturated carbocycles. The Kier molecular flexibility index (Phi) is 3.64. The van der Waals surface area contributed by atoms with E-state index >= 15 is 0 Å². The largest absolute Gasteiger partial charge is 0.166 e. The zero-order valence-corrected chi connectivity index (χ0v) is 12.8. The van der Waals surface area contributed by atoms with Gasteiger partial charge in [0.25, 0.3) is 0 Å². The van der Waals surface area contributed by atoms with Gasteiger partial charge in [-0.2, -0.15) is 18.1 Å². The number of rotatable bonds is 0. The van der Waals surface area contributed by atoms with Crippen LogP contribution in [0.1, 0.15) is 41.5 Å². The van der Waals surface area contributed by atoms with E-state index in [4.69, 9.17) is 0 Å². The summed E-state index contributed by atoms with van der Waals surface area (Å²) in [5, 5.41) is 0. The molecule has 0 saturated heterocycles. The van der Waals surface area contributed by atoms with E-state index in [1.165, 1.54) is 45.3 Å². The second kappa shape index (κ2) is 5.07. The second-order valence-electron chi connectivity index (χ2n) is 5.67. The summed E-state index contributed by atoms with van der Waals surface area (Å²) >= 11 is 0. The van der Waals surface area contributed by atoms with Gasteiger partial charge in [-0.3, -0.25) is 0 Å². The maximum Gasteiger partial charge on any atom is 0.130 e. The highest BCUT2D eigenvalue weighted by molar-refractivity contribution is 5.59. The molecule has 0 radical (unpaired) electrons. The van der Waals surface area contributed by atoms with Crippen molar-refractivity contribution < 1.29 is 0 Å². The Morgan fingerprint density at radius 2 is 1.26 bits per heavy atom. The maximum atomic E-state index is 3.63. The first kappa shape index (κ1) is 13.6. The van der Waals surface area contributed by atoms with Crippen LogP contribution in [0.4, 0.5) is 0 Å². The van der Waals surface area contributed by atoms with E-state index in [1.807, 2.05) is 0 Å². The van der Waals surface area contributed by atoms with Crippen molar-refractivity contribution in [3.8, 4) is 0 Å². The molecule has 0 atom stereocenters.